The fraction of sp³-hybridized carbons (Fsp3) is 0.680. The Balaban J connectivity index is 1.44. The van der Waals surface area contributed by atoms with Crippen molar-refractivity contribution in [3.63, 3.8) is 0 Å². The summed E-state index contributed by atoms with van der Waals surface area (Å²) in [6.45, 7) is 3.81. The van der Waals surface area contributed by atoms with E-state index in [1.807, 2.05) is 6.08 Å². The molecule has 3 rings (SSSR count). The van der Waals surface area contributed by atoms with Crippen molar-refractivity contribution in [3.8, 4) is 0 Å². The van der Waals surface area contributed by atoms with Crippen molar-refractivity contribution in [2.45, 2.75) is 89.1 Å². The van der Waals surface area contributed by atoms with Gasteiger partial charge in [0.2, 0.25) is 0 Å². The van der Waals surface area contributed by atoms with Gasteiger partial charge in [0.15, 0.2) is 0 Å². The highest BCUT2D eigenvalue weighted by Crippen LogP contribution is 2.42. The highest BCUT2D eigenvalue weighted by Gasteiger charge is 2.38. The molecule has 0 aliphatic heterocycles. The molecule has 2 saturated carbocycles. The van der Waals surface area contributed by atoms with E-state index in [0.29, 0.717) is 11.5 Å². The lowest BCUT2D eigenvalue weighted by Crippen LogP contribution is -2.18. The average molecular weight is 429 g/mol. The topological polar surface area (TPSA) is 0 Å². The molecular weight excluding hydrogens is 395 g/mol. The summed E-state index contributed by atoms with van der Waals surface area (Å²) in [5.74, 6) is -0.733. The van der Waals surface area contributed by atoms with Crippen molar-refractivity contribution >= 4 is 0 Å². The van der Waals surface area contributed by atoms with E-state index in [-0.39, 0.29) is 5.92 Å². The first-order valence-corrected chi connectivity index (χ1v) is 11.4. The van der Waals surface area contributed by atoms with E-state index < -0.39 is 23.4 Å². The summed E-state index contributed by atoms with van der Waals surface area (Å²) in [5, 5.41) is 0. The summed E-state index contributed by atoms with van der Waals surface area (Å²) in [6, 6.07) is 1.78. The fourth-order valence-corrected chi connectivity index (χ4v) is 5.52. The number of rotatable bonds is 7. The molecule has 0 aromatic heterocycles. The lowest BCUT2D eigenvalue weighted by atomic mass is 9.74. The van der Waals surface area contributed by atoms with Crippen LogP contribution in [0, 0.1) is 29.4 Å². The number of alkyl halides is 3. The molecule has 0 bridgehead atoms. The van der Waals surface area contributed by atoms with Crippen LogP contribution in [0.5, 0.6) is 0 Å². The minimum Gasteiger partial charge on any atom is -0.206 e. The molecule has 2 aliphatic carbocycles. The minimum absolute atomic E-state index is 0.0483. The third-order valence-corrected chi connectivity index (χ3v) is 7.39. The van der Waals surface area contributed by atoms with Crippen LogP contribution in [-0.2, 0) is 6.18 Å². The zero-order valence-corrected chi connectivity index (χ0v) is 17.6. The van der Waals surface area contributed by atoms with Gasteiger partial charge in [-0.2, -0.15) is 13.2 Å². The Hall–Kier alpha value is -1.39. The Morgan fingerprint density at radius 1 is 0.767 bits per heavy atom. The second-order valence-electron chi connectivity index (χ2n) is 9.41. The highest BCUT2D eigenvalue weighted by molar-refractivity contribution is 5.30. The minimum atomic E-state index is -5.00. The molecule has 0 N–H and O–H groups in total. The number of allylic oxidation sites excluding steroid dienone is 1. The van der Waals surface area contributed by atoms with Crippen LogP contribution in [0.25, 0.3) is 0 Å². The molecule has 0 atom stereocenters. The molecule has 168 valence electrons. The first-order valence-electron chi connectivity index (χ1n) is 11.4. The van der Waals surface area contributed by atoms with Crippen LogP contribution in [-0.4, -0.2) is 0 Å². The average Bonchev–Trinajstić information content (AvgIpc) is 2.70. The molecule has 0 saturated heterocycles. The van der Waals surface area contributed by atoms with E-state index in [0.717, 1.165) is 56.1 Å². The summed E-state index contributed by atoms with van der Waals surface area (Å²) in [6.07, 6.45) is 10.7. The summed E-state index contributed by atoms with van der Waals surface area (Å²) in [5.41, 5.74) is -1.41. The van der Waals surface area contributed by atoms with Crippen molar-refractivity contribution in [2.24, 2.45) is 17.8 Å². The number of halogens is 5. The Labute approximate surface area is 176 Å². The standard InChI is InChI=1S/C25H33F5/c1-2-3-4-17-5-7-18(8-6-17)9-10-19-11-13-20(14-12-19)21-15-22(26)24(23(27)16-21)25(28,29)30/h2,15-20H,1,3-14H2. The first-order chi connectivity index (χ1) is 14.3. The predicted octanol–water partition coefficient (Wildman–Crippen LogP) is 8.81. The van der Waals surface area contributed by atoms with Gasteiger partial charge in [0.1, 0.15) is 17.2 Å². The molecule has 0 heterocycles. The summed E-state index contributed by atoms with van der Waals surface area (Å²) >= 11 is 0. The van der Waals surface area contributed by atoms with Crippen molar-refractivity contribution in [1.29, 1.82) is 0 Å². The van der Waals surface area contributed by atoms with Crippen molar-refractivity contribution in [2.75, 3.05) is 0 Å². The maximum Gasteiger partial charge on any atom is 0.422 e. The lowest BCUT2D eigenvalue weighted by molar-refractivity contribution is -0.142. The molecule has 0 nitrogen and oxygen atoms in total. The molecule has 1 aromatic rings. The predicted molar refractivity (Wildman–Crippen MR) is 110 cm³/mol. The van der Waals surface area contributed by atoms with Gasteiger partial charge in [-0.3, -0.25) is 0 Å². The maximum absolute atomic E-state index is 13.9. The van der Waals surface area contributed by atoms with Crippen molar-refractivity contribution in [1.82, 2.24) is 0 Å². The molecular formula is C25H33F5. The van der Waals surface area contributed by atoms with E-state index in [1.54, 1.807) is 0 Å². The van der Waals surface area contributed by atoms with Crippen LogP contribution in [0.2, 0.25) is 0 Å². The van der Waals surface area contributed by atoms with Crippen LogP contribution in [0.15, 0.2) is 24.8 Å². The SMILES string of the molecule is C=CCCC1CCC(CCC2CCC(c3cc(F)c(C(F)(F)F)c(F)c3)CC2)CC1. The van der Waals surface area contributed by atoms with E-state index >= 15 is 0 Å². The molecule has 0 radical (unpaired) electrons. The molecule has 0 spiro atoms. The zero-order chi connectivity index (χ0) is 21.7. The van der Waals surface area contributed by atoms with Crippen LogP contribution >= 0.6 is 0 Å². The van der Waals surface area contributed by atoms with E-state index in [4.69, 9.17) is 0 Å². The van der Waals surface area contributed by atoms with Gasteiger partial charge in [0.05, 0.1) is 0 Å². The normalized spacial score (nSPS) is 27.8. The van der Waals surface area contributed by atoms with Gasteiger partial charge in [-0.15, -0.1) is 6.58 Å². The van der Waals surface area contributed by atoms with Gasteiger partial charge in [-0.25, -0.2) is 8.78 Å². The lowest BCUT2D eigenvalue weighted by Gasteiger charge is -2.32. The molecule has 0 unspecified atom stereocenters. The van der Waals surface area contributed by atoms with Crippen LogP contribution in [0.1, 0.15) is 94.1 Å². The highest BCUT2D eigenvalue weighted by atomic mass is 19.4. The van der Waals surface area contributed by atoms with Gasteiger partial charge in [0, 0.05) is 0 Å². The number of benzene rings is 1. The molecule has 2 fully saturated rings. The Kier molecular flexibility index (Phi) is 7.98. The van der Waals surface area contributed by atoms with Gasteiger partial charge < -0.3 is 0 Å². The van der Waals surface area contributed by atoms with Crippen LogP contribution in [0.3, 0.4) is 0 Å². The summed E-state index contributed by atoms with van der Waals surface area (Å²) in [7, 11) is 0. The van der Waals surface area contributed by atoms with Gasteiger partial charge >= 0.3 is 6.18 Å². The third kappa shape index (κ3) is 6.07. The van der Waals surface area contributed by atoms with Crippen molar-refractivity contribution in [3.05, 3.63) is 47.5 Å². The maximum atomic E-state index is 13.9. The molecule has 2 aliphatic rings. The van der Waals surface area contributed by atoms with E-state index in [2.05, 4.69) is 6.58 Å². The van der Waals surface area contributed by atoms with Crippen LogP contribution < -0.4 is 0 Å². The van der Waals surface area contributed by atoms with E-state index in [1.165, 1.54) is 44.9 Å². The second-order valence-corrected chi connectivity index (χ2v) is 9.41. The smallest absolute Gasteiger partial charge is 0.206 e. The van der Waals surface area contributed by atoms with Gasteiger partial charge in [-0.05, 0) is 79.9 Å². The molecule has 0 amide bonds. The van der Waals surface area contributed by atoms with Crippen LogP contribution in [0.4, 0.5) is 22.0 Å². The number of hydrogen-bond acceptors (Lipinski definition) is 0. The third-order valence-electron chi connectivity index (χ3n) is 7.39. The van der Waals surface area contributed by atoms with Gasteiger partial charge in [-0.1, -0.05) is 44.6 Å². The summed E-state index contributed by atoms with van der Waals surface area (Å²) in [4.78, 5) is 0. The quantitative estimate of drug-likeness (QED) is 0.301. The van der Waals surface area contributed by atoms with E-state index in [9.17, 15) is 22.0 Å². The molecule has 1 aromatic carbocycles. The Morgan fingerprint density at radius 2 is 1.20 bits per heavy atom. The zero-order valence-electron chi connectivity index (χ0n) is 17.6. The Bertz CT molecular complexity index is 669. The largest absolute Gasteiger partial charge is 0.422 e. The Morgan fingerprint density at radius 3 is 1.63 bits per heavy atom. The fourth-order valence-electron chi connectivity index (χ4n) is 5.52. The molecule has 30 heavy (non-hydrogen) atoms. The first kappa shape index (κ1) is 23.3. The summed E-state index contributed by atoms with van der Waals surface area (Å²) < 4.78 is 66.1. The van der Waals surface area contributed by atoms with Crippen molar-refractivity contribution < 1.29 is 22.0 Å². The molecule has 5 heteroatoms. The monoisotopic (exact) mass is 428 g/mol. The number of hydrogen-bond donors (Lipinski definition) is 0. The second kappa shape index (κ2) is 10.3. The van der Waals surface area contributed by atoms with Gasteiger partial charge in [0.25, 0.3) is 0 Å².